The molecule has 0 radical (unpaired) electrons. The van der Waals surface area contributed by atoms with E-state index in [2.05, 4.69) is 57.8 Å². The number of benzene rings is 1. The molecule has 2 unspecified atom stereocenters. The van der Waals surface area contributed by atoms with E-state index in [1.165, 1.54) is 43.8 Å². The Balaban J connectivity index is 0.00000280. The van der Waals surface area contributed by atoms with Crippen molar-refractivity contribution in [1.82, 2.24) is 15.5 Å². The lowest BCUT2D eigenvalue weighted by Crippen LogP contribution is -2.50. The maximum absolute atomic E-state index is 5.51. The summed E-state index contributed by atoms with van der Waals surface area (Å²) in [5.41, 5.74) is 0. The van der Waals surface area contributed by atoms with Gasteiger partial charge in [-0.3, -0.25) is 4.99 Å². The molecule has 2 aliphatic rings. The third-order valence-corrected chi connectivity index (χ3v) is 6.44. The van der Waals surface area contributed by atoms with Crippen LogP contribution in [0, 0.1) is 5.92 Å². The Bertz CT molecular complexity index is 575. The number of rotatable bonds is 7. The summed E-state index contributed by atoms with van der Waals surface area (Å²) in [6.45, 7) is 8.60. The molecule has 0 bridgehead atoms. The third-order valence-electron chi connectivity index (χ3n) is 5.33. The Morgan fingerprint density at radius 3 is 2.64 bits per heavy atom. The molecule has 0 amide bonds. The molecule has 7 heteroatoms. The van der Waals surface area contributed by atoms with E-state index in [1.807, 2.05) is 18.8 Å². The van der Waals surface area contributed by atoms with E-state index in [1.54, 1.807) is 0 Å². The van der Waals surface area contributed by atoms with Crippen molar-refractivity contribution >= 4 is 41.7 Å². The van der Waals surface area contributed by atoms with Gasteiger partial charge in [0.15, 0.2) is 5.96 Å². The van der Waals surface area contributed by atoms with Gasteiger partial charge in [0.25, 0.3) is 0 Å². The third kappa shape index (κ3) is 8.08. The number of nitrogens with one attached hydrogen (secondary N) is 2. The summed E-state index contributed by atoms with van der Waals surface area (Å²) in [6, 6.07) is 11.1. The summed E-state index contributed by atoms with van der Waals surface area (Å²) < 4.78 is 5.51. The Morgan fingerprint density at radius 2 is 2.00 bits per heavy atom. The fraction of sp³-hybridized carbons (Fsp3) is 0.667. The summed E-state index contributed by atoms with van der Waals surface area (Å²) in [5, 5.41) is 7.60. The molecule has 0 aromatic heterocycles. The van der Waals surface area contributed by atoms with Crippen LogP contribution in [0.15, 0.2) is 40.2 Å². The number of nitrogens with zero attached hydrogens (tertiary/aromatic N) is 2. The van der Waals surface area contributed by atoms with Gasteiger partial charge in [-0.1, -0.05) is 25.1 Å². The van der Waals surface area contributed by atoms with Gasteiger partial charge < -0.3 is 20.3 Å². The van der Waals surface area contributed by atoms with Gasteiger partial charge in [0.05, 0.1) is 6.61 Å². The van der Waals surface area contributed by atoms with Crippen LogP contribution in [0.1, 0.15) is 26.2 Å². The zero-order chi connectivity index (χ0) is 18.9. The molecule has 1 aromatic carbocycles. The van der Waals surface area contributed by atoms with Crippen LogP contribution in [0.25, 0.3) is 0 Å². The van der Waals surface area contributed by atoms with Crippen LogP contribution in [-0.4, -0.2) is 68.6 Å². The molecule has 2 heterocycles. The van der Waals surface area contributed by atoms with Crippen LogP contribution in [0.4, 0.5) is 0 Å². The summed E-state index contributed by atoms with van der Waals surface area (Å²) in [4.78, 5) is 8.34. The molecule has 3 rings (SSSR count). The number of aliphatic imine (C=N–C) groups is 1. The van der Waals surface area contributed by atoms with Gasteiger partial charge in [-0.25, -0.2) is 0 Å². The minimum Gasteiger partial charge on any atom is -0.381 e. The minimum atomic E-state index is 0. The zero-order valence-corrected chi connectivity index (χ0v) is 20.2. The molecule has 2 fully saturated rings. The highest BCUT2D eigenvalue weighted by atomic mass is 127. The Kier molecular flexibility index (Phi) is 11.0. The molecule has 0 spiro atoms. The Hall–Kier alpha value is -0.510. The van der Waals surface area contributed by atoms with Crippen molar-refractivity contribution in [3.05, 3.63) is 30.3 Å². The highest BCUT2D eigenvalue weighted by Crippen LogP contribution is 2.22. The van der Waals surface area contributed by atoms with Crippen LogP contribution in [0.3, 0.4) is 0 Å². The van der Waals surface area contributed by atoms with Crippen LogP contribution >= 0.6 is 35.7 Å². The van der Waals surface area contributed by atoms with E-state index >= 15 is 0 Å². The van der Waals surface area contributed by atoms with Gasteiger partial charge in [-0.2, -0.15) is 0 Å². The molecular formula is C21H35IN4OS. The monoisotopic (exact) mass is 518 g/mol. The number of hydrogen-bond donors (Lipinski definition) is 2. The number of halogens is 1. The van der Waals surface area contributed by atoms with Crippen molar-refractivity contribution in [3.63, 3.8) is 0 Å². The first-order valence-corrected chi connectivity index (χ1v) is 11.1. The van der Waals surface area contributed by atoms with Gasteiger partial charge in [0, 0.05) is 56.0 Å². The second-order valence-electron chi connectivity index (χ2n) is 7.64. The van der Waals surface area contributed by atoms with E-state index in [0.29, 0.717) is 11.3 Å². The lowest BCUT2D eigenvalue weighted by molar-refractivity contribution is 0.150. The molecule has 2 aliphatic heterocycles. The Morgan fingerprint density at radius 1 is 1.25 bits per heavy atom. The van der Waals surface area contributed by atoms with Gasteiger partial charge >= 0.3 is 0 Å². The quantitative estimate of drug-likeness (QED) is 0.251. The topological polar surface area (TPSA) is 48.9 Å². The molecule has 0 aliphatic carbocycles. The summed E-state index contributed by atoms with van der Waals surface area (Å²) >= 11 is 1.90. The second kappa shape index (κ2) is 12.9. The van der Waals surface area contributed by atoms with E-state index in [0.717, 1.165) is 31.6 Å². The van der Waals surface area contributed by atoms with Crippen molar-refractivity contribution in [2.45, 2.75) is 42.4 Å². The molecule has 158 valence electrons. The molecule has 2 atom stereocenters. The average Bonchev–Trinajstić information content (AvgIpc) is 3.20. The van der Waals surface area contributed by atoms with E-state index in [-0.39, 0.29) is 24.0 Å². The van der Waals surface area contributed by atoms with E-state index in [9.17, 15) is 0 Å². The number of guanidine groups is 1. The normalized spacial score (nSPS) is 22.5. The fourth-order valence-corrected chi connectivity index (χ4v) is 4.70. The largest absolute Gasteiger partial charge is 0.381 e. The lowest BCUT2D eigenvalue weighted by atomic mass is 10.0. The summed E-state index contributed by atoms with van der Waals surface area (Å²) in [5.74, 6) is 1.67. The lowest BCUT2D eigenvalue weighted by Gasteiger charge is -2.34. The predicted molar refractivity (Wildman–Crippen MR) is 130 cm³/mol. The summed E-state index contributed by atoms with van der Waals surface area (Å²) in [7, 11) is 1.86. The number of piperidine rings is 1. The van der Waals surface area contributed by atoms with Crippen LogP contribution in [0.2, 0.25) is 0 Å². The molecule has 5 nitrogen and oxygen atoms in total. The molecule has 28 heavy (non-hydrogen) atoms. The van der Waals surface area contributed by atoms with E-state index < -0.39 is 0 Å². The van der Waals surface area contributed by atoms with Crippen LogP contribution < -0.4 is 10.6 Å². The van der Waals surface area contributed by atoms with Crippen LogP contribution in [-0.2, 0) is 4.74 Å². The molecule has 2 saturated heterocycles. The van der Waals surface area contributed by atoms with Gasteiger partial charge in [-0.15, -0.1) is 35.7 Å². The fourth-order valence-electron chi connectivity index (χ4n) is 3.75. The van der Waals surface area contributed by atoms with Crippen molar-refractivity contribution in [3.8, 4) is 0 Å². The highest BCUT2D eigenvalue weighted by molar-refractivity contribution is 14.0. The van der Waals surface area contributed by atoms with Gasteiger partial charge in [-0.05, 0) is 37.3 Å². The van der Waals surface area contributed by atoms with Gasteiger partial charge in [0.2, 0.25) is 0 Å². The Labute approximate surface area is 191 Å². The zero-order valence-electron chi connectivity index (χ0n) is 17.1. The molecule has 2 N–H and O–H groups in total. The number of hydrogen-bond acceptors (Lipinski definition) is 4. The van der Waals surface area contributed by atoms with Crippen molar-refractivity contribution < 1.29 is 4.74 Å². The SMILES string of the molecule is CN=C(NCC(C)Sc1ccccc1)NC1CCN(CC2CCOC2)CC1.I. The first-order valence-electron chi connectivity index (χ1n) is 10.2. The molecule has 0 saturated carbocycles. The second-order valence-corrected chi connectivity index (χ2v) is 9.16. The number of thioether (sulfide) groups is 1. The summed E-state index contributed by atoms with van der Waals surface area (Å²) in [6.07, 6.45) is 3.60. The molecule has 1 aromatic rings. The van der Waals surface area contributed by atoms with Crippen molar-refractivity contribution in [2.24, 2.45) is 10.9 Å². The standard InChI is InChI=1S/C21H34N4OS.HI/c1-17(27-20-6-4-3-5-7-20)14-23-21(22-2)24-19-8-11-25(12-9-19)15-18-10-13-26-16-18;/h3-7,17-19H,8-16H2,1-2H3,(H2,22,23,24);1H. The maximum Gasteiger partial charge on any atom is 0.191 e. The smallest absolute Gasteiger partial charge is 0.191 e. The first kappa shape index (κ1) is 23.8. The first-order chi connectivity index (χ1) is 13.2. The molecular weight excluding hydrogens is 483 g/mol. The minimum absolute atomic E-state index is 0. The number of ether oxygens (including phenoxy) is 1. The van der Waals surface area contributed by atoms with E-state index in [4.69, 9.17) is 4.74 Å². The predicted octanol–water partition coefficient (Wildman–Crippen LogP) is 3.45. The van der Waals surface area contributed by atoms with Crippen molar-refractivity contribution in [2.75, 3.05) is 46.4 Å². The van der Waals surface area contributed by atoms with Gasteiger partial charge in [0.1, 0.15) is 0 Å². The number of likely N-dealkylation sites (tertiary alicyclic amines) is 1. The maximum atomic E-state index is 5.51. The average molecular weight is 519 g/mol. The van der Waals surface area contributed by atoms with Crippen LogP contribution in [0.5, 0.6) is 0 Å². The van der Waals surface area contributed by atoms with Crippen molar-refractivity contribution in [1.29, 1.82) is 0 Å². The highest BCUT2D eigenvalue weighted by Gasteiger charge is 2.24.